The molecule has 2 atom stereocenters. The molecule has 25 heavy (non-hydrogen) atoms. The van der Waals surface area contributed by atoms with Gasteiger partial charge in [0.05, 0.1) is 13.2 Å². The van der Waals surface area contributed by atoms with Crippen LogP contribution in [0, 0.1) is 0 Å². The maximum Gasteiger partial charge on any atom is 0.262 e. The quantitative estimate of drug-likeness (QED) is 0.800. The van der Waals surface area contributed by atoms with Gasteiger partial charge in [0, 0.05) is 12.3 Å². The maximum atomic E-state index is 12.9. The fraction of sp³-hybridized carbons (Fsp3) is 0.286. The third-order valence-electron chi connectivity index (χ3n) is 5.01. The highest BCUT2D eigenvalue weighted by Crippen LogP contribution is 2.45. The largest absolute Gasteiger partial charge is 0.497 e. The lowest BCUT2D eigenvalue weighted by molar-refractivity contribution is -0.152. The molecule has 128 valence electrons. The van der Waals surface area contributed by atoms with Crippen LogP contribution < -0.4 is 9.64 Å². The summed E-state index contributed by atoms with van der Waals surface area (Å²) < 4.78 is 11.1. The van der Waals surface area contributed by atoms with Crippen LogP contribution in [-0.2, 0) is 9.53 Å². The number of carbonyl (C=O) groups excluding carboxylic acids is 1. The van der Waals surface area contributed by atoms with Gasteiger partial charge in [-0.3, -0.25) is 9.69 Å². The maximum absolute atomic E-state index is 12.9. The van der Waals surface area contributed by atoms with Crippen molar-refractivity contribution in [2.45, 2.75) is 24.5 Å². The van der Waals surface area contributed by atoms with Crippen molar-refractivity contribution in [1.29, 1.82) is 0 Å². The van der Waals surface area contributed by atoms with E-state index in [-0.39, 0.29) is 11.9 Å². The van der Waals surface area contributed by atoms with Crippen LogP contribution in [0.15, 0.2) is 60.7 Å². The van der Waals surface area contributed by atoms with Crippen LogP contribution in [0.4, 0.5) is 5.69 Å². The van der Waals surface area contributed by atoms with Crippen molar-refractivity contribution in [3.63, 3.8) is 0 Å². The molecule has 2 aromatic rings. The van der Waals surface area contributed by atoms with Gasteiger partial charge in [-0.2, -0.15) is 0 Å². The lowest BCUT2D eigenvalue weighted by atomic mass is 9.79. The zero-order valence-electron chi connectivity index (χ0n) is 14.2. The molecular formula is C21H21NO3. The Balaban J connectivity index is 1.65. The number of methoxy groups -OCH3 is 1. The molecule has 0 unspecified atom stereocenters. The van der Waals surface area contributed by atoms with E-state index in [1.165, 1.54) is 0 Å². The van der Waals surface area contributed by atoms with Crippen molar-refractivity contribution < 1.29 is 14.3 Å². The van der Waals surface area contributed by atoms with Crippen LogP contribution in [-0.4, -0.2) is 31.3 Å². The minimum absolute atomic E-state index is 0.0536. The number of hydrogen-bond donors (Lipinski definition) is 0. The highest BCUT2D eigenvalue weighted by Gasteiger charge is 2.62. The first kappa shape index (κ1) is 15.9. The topological polar surface area (TPSA) is 38.8 Å². The number of benzene rings is 2. The van der Waals surface area contributed by atoms with Crippen molar-refractivity contribution in [3.8, 4) is 5.75 Å². The molecule has 4 rings (SSSR count). The zero-order valence-corrected chi connectivity index (χ0v) is 14.2. The molecule has 4 nitrogen and oxygen atoms in total. The summed E-state index contributed by atoms with van der Waals surface area (Å²) in [4.78, 5) is 14.7. The van der Waals surface area contributed by atoms with Gasteiger partial charge >= 0.3 is 0 Å². The molecule has 4 heteroatoms. The summed E-state index contributed by atoms with van der Waals surface area (Å²) in [6.45, 7) is 0.651. The summed E-state index contributed by atoms with van der Waals surface area (Å²) in [6, 6.07) is 17.6. The van der Waals surface area contributed by atoms with Gasteiger partial charge in [0.1, 0.15) is 5.75 Å². The fourth-order valence-corrected chi connectivity index (χ4v) is 3.69. The van der Waals surface area contributed by atoms with Crippen molar-refractivity contribution in [2.75, 3.05) is 18.6 Å². The van der Waals surface area contributed by atoms with Gasteiger partial charge < -0.3 is 9.47 Å². The number of anilines is 1. The molecule has 0 aromatic heterocycles. The van der Waals surface area contributed by atoms with Crippen LogP contribution in [0.1, 0.15) is 18.4 Å². The first-order valence-electron chi connectivity index (χ1n) is 8.59. The molecule has 2 saturated heterocycles. The van der Waals surface area contributed by atoms with E-state index < -0.39 is 5.60 Å². The van der Waals surface area contributed by atoms with Gasteiger partial charge in [0.2, 0.25) is 0 Å². The van der Waals surface area contributed by atoms with Crippen LogP contribution in [0.2, 0.25) is 0 Å². The summed E-state index contributed by atoms with van der Waals surface area (Å²) in [5.41, 5.74) is 1.30. The Bertz CT molecular complexity index is 777. The van der Waals surface area contributed by atoms with Crippen molar-refractivity contribution in [1.82, 2.24) is 0 Å². The number of carbonyl (C=O) groups is 1. The Morgan fingerprint density at radius 3 is 2.56 bits per heavy atom. The lowest BCUT2D eigenvalue weighted by Crippen LogP contribution is -2.73. The Hall–Kier alpha value is -2.59. The predicted molar refractivity (Wildman–Crippen MR) is 97.7 cm³/mol. The molecule has 2 aliphatic heterocycles. The smallest absolute Gasteiger partial charge is 0.262 e. The average Bonchev–Trinajstić information content (AvgIpc) is 3.18. The van der Waals surface area contributed by atoms with E-state index in [2.05, 4.69) is 24.3 Å². The van der Waals surface area contributed by atoms with Crippen LogP contribution >= 0.6 is 0 Å². The normalized spacial score (nSPS) is 25.6. The molecule has 0 saturated carbocycles. The highest BCUT2D eigenvalue weighted by molar-refractivity contribution is 6.09. The van der Waals surface area contributed by atoms with E-state index in [1.807, 2.05) is 47.4 Å². The van der Waals surface area contributed by atoms with Crippen LogP contribution in [0.25, 0.3) is 6.08 Å². The standard InChI is InChI=1S/C21H21NO3/c1-24-18-11-9-17(10-12-18)22-19(13-8-16-6-3-2-4-7-16)21(20(22)23)14-5-15-25-21/h2-4,6-13,19H,5,14-15H2,1H3/b13-8+/t19-,21+/m0/s1. The second-order valence-electron chi connectivity index (χ2n) is 6.43. The molecule has 0 N–H and O–H groups in total. The van der Waals surface area contributed by atoms with Gasteiger partial charge in [-0.15, -0.1) is 0 Å². The number of rotatable bonds is 4. The second kappa shape index (κ2) is 6.37. The molecular weight excluding hydrogens is 314 g/mol. The van der Waals surface area contributed by atoms with Crippen molar-refractivity contribution >= 4 is 17.7 Å². The number of amides is 1. The second-order valence-corrected chi connectivity index (χ2v) is 6.43. The monoisotopic (exact) mass is 335 g/mol. The van der Waals surface area contributed by atoms with E-state index >= 15 is 0 Å². The van der Waals surface area contributed by atoms with Gasteiger partial charge in [0.25, 0.3) is 5.91 Å². The minimum atomic E-state index is -0.689. The Morgan fingerprint density at radius 2 is 1.92 bits per heavy atom. The molecule has 0 bridgehead atoms. The summed E-state index contributed by atoms with van der Waals surface area (Å²) in [5.74, 6) is 0.831. The molecule has 1 amide bonds. The fourth-order valence-electron chi connectivity index (χ4n) is 3.69. The van der Waals surface area contributed by atoms with Crippen molar-refractivity contribution in [2.24, 2.45) is 0 Å². The van der Waals surface area contributed by atoms with Gasteiger partial charge in [-0.25, -0.2) is 0 Å². The van der Waals surface area contributed by atoms with E-state index in [0.717, 1.165) is 29.8 Å². The Kier molecular flexibility index (Phi) is 4.06. The summed E-state index contributed by atoms with van der Waals surface area (Å²) >= 11 is 0. The molecule has 2 fully saturated rings. The number of ether oxygens (including phenoxy) is 2. The average molecular weight is 335 g/mol. The van der Waals surface area contributed by atoms with E-state index in [1.54, 1.807) is 7.11 Å². The van der Waals surface area contributed by atoms with Crippen LogP contribution in [0.3, 0.4) is 0 Å². The highest BCUT2D eigenvalue weighted by atomic mass is 16.5. The summed E-state index contributed by atoms with van der Waals surface area (Å²) in [5, 5.41) is 0. The van der Waals surface area contributed by atoms with E-state index in [4.69, 9.17) is 9.47 Å². The first-order chi connectivity index (χ1) is 12.2. The van der Waals surface area contributed by atoms with Gasteiger partial charge in [0.15, 0.2) is 5.60 Å². The number of β-lactam (4-membered cyclic amide) rings is 1. The van der Waals surface area contributed by atoms with Gasteiger partial charge in [-0.1, -0.05) is 42.5 Å². The predicted octanol–water partition coefficient (Wildman–Crippen LogP) is 3.67. The third-order valence-corrected chi connectivity index (χ3v) is 5.01. The first-order valence-corrected chi connectivity index (χ1v) is 8.59. The SMILES string of the molecule is COc1ccc(N2C(=O)[C@@]3(CCCO3)[C@@H]2/C=C/c2ccccc2)cc1. The third kappa shape index (κ3) is 2.63. The number of nitrogens with zero attached hydrogens (tertiary/aromatic N) is 1. The molecule has 2 aromatic carbocycles. The Labute approximate surface area is 147 Å². The minimum Gasteiger partial charge on any atom is -0.497 e. The summed E-state index contributed by atoms with van der Waals surface area (Å²) in [6.07, 6.45) is 5.86. The van der Waals surface area contributed by atoms with E-state index in [9.17, 15) is 4.79 Å². The van der Waals surface area contributed by atoms with E-state index in [0.29, 0.717) is 6.61 Å². The Morgan fingerprint density at radius 1 is 1.16 bits per heavy atom. The molecule has 1 spiro atoms. The zero-order chi connectivity index (χ0) is 17.3. The molecule has 2 heterocycles. The van der Waals surface area contributed by atoms with Gasteiger partial charge in [-0.05, 0) is 42.7 Å². The molecule has 2 aliphatic rings. The van der Waals surface area contributed by atoms with Crippen molar-refractivity contribution in [3.05, 3.63) is 66.2 Å². The van der Waals surface area contributed by atoms with Crippen LogP contribution in [0.5, 0.6) is 5.75 Å². The lowest BCUT2D eigenvalue weighted by Gasteiger charge is -2.52. The number of hydrogen-bond acceptors (Lipinski definition) is 3. The molecule has 0 aliphatic carbocycles. The summed E-state index contributed by atoms with van der Waals surface area (Å²) in [7, 11) is 1.64. The molecule has 0 radical (unpaired) electrons.